The van der Waals surface area contributed by atoms with Crippen molar-refractivity contribution in [3.05, 3.63) is 63.9 Å². The number of nitrogens with zero attached hydrogens (tertiary/aromatic N) is 1. The van der Waals surface area contributed by atoms with E-state index in [1.54, 1.807) is 12.1 Å². The van der Waals surface area contributed by atoms with Crippen LogP contribution in [0.25, 0.3) is 6.08 Å². The van der Waals surface area contributed by atoms with E-state index in [0.29, 0.717) is 29.2 Å². The summed E-state index contributed by atoms with van der Waals surface area (Å²) < 4.78 is 5.99. The summed E-state index contributed by atoms with van der Waals surface area (Å²) in [6.45, 7) is 6.50. The number of ether oxygens (including phenoxy) is 1. The predicted octanol–water partition coefficient (Wildman–Crippen LogP) is 4.22. The van der Waals surface area contributed by atoms with E-state index in [1.165, 1.54) is 12.8 Å². The first-order valence-corrected chi connectivity index (χ1v) is 9.11. The summed E-state index contributed by atoms with van der Waals surface area (Å²) in [7, 11) is 0. The quantitative estimate of drug-likeness (QED) is 0.843. The van der Waals surface area contributed by atoms with Crippen molar-refractivity contribution >= 4 is 11.9 Å². The molecule has 1 fully saturated rings. The Morgan fingerprint density at radius 1 is 1.19 bits per heavy atom. The third-order valence-electron chi connectivity index (χ3n) is 5.14. The highest BCUT2D eigenvalue weighted by Crippen LogP contribution is 2.42. The van der Waals surface area contributed by atoms with Crippen molar-refractivity contribution in [1.29, 1.82) is 0 Å². The van der Waals surface area contributed by atoms with Crippen LogP contribution in [0, 0.1) is 13.8 Å². The molecule has 4 rings (SSSR count). The van der Waals surface area contributed by atoms with Gasteiger partial charge in [0.25, 0.3) is 0 Å². The van der Waals surface area contributed by atoms with Crippen molar-refractivity contribution in [2.45, 2.75) is 33.2 Å². The first-order valence-electron chi connectivity index (χ1n) is 9.11. The molecule has 0 amide bonds. The second kappa shape index (κ2) is 6.61. The van der Waals surface area contributed by atoms with Gasteiger partial charge in [-0.3, -0.25) is 9.69 Å². The van der Waals surface area contributed by atoms with E-state index < -0.39 is 0 Å². The van der Waals surface area contributed by atoms with E-state index in [9.17, 15) is 9.90 Å². The third kappa shape index (κ3) is 3.01. The van der Waals surface area contributed by atoms with Gasteiger partial charge in [0.05, 0.1) is 11.1 Å². The number of rotatable bonds is 3. The number of fused-ring (bicyclic) bond motifs is 1. The summed E-state index contributed by atoms with van der Waals surface area (Å²) in [6, 6.07) is 9.63. The number of ketones is 1. The van der Waals surface area contributed by atoms with E-state index in [4.69, 9.17) is 4.74 Å². The molecule has 0 atom stereocenters. The van der Waals surface area contributed by atoms with Crippen molar-refractivity contribution in [2.24, 2.45) is 0 Å². The molecular weight excluding hydrogens is 326 g/mol. The van der Waals surface area contributed by atoms with E-state index in [0.717, 1.165) is 29.8 Å². The number of carbonyl (C=O) groups excluding carboxylic acids is 1. The Morgan fingerprint density at radius 3 is 2.69 bits per heavy atom. The first-order chi connectivity index (χ1) is 12.5. The van der Waals surface area contributed by atoms with Crippen molar-refractivity contribution in [3.8, 4) is 11.5 Å². The lowest BCUT2D eigenvalue weighted by molar-refractivity contribution is 0.101. The second-order valence-corrected chi connectivity index (χ2v) is 7.23. The van der Waals surface area contributed by atoms with Crippen LogP contribution in [0.5, 0.6) is 11.5 Å². The van der Waals surface area contributed by atoms with Gasteiger partial charge in [-0.2, -0.15) is 0 Å². The van der Waals surface area contributed by atoms with Crippen LogP contribution < -0.4 is 4.74 Å². The molecule has 0 spiro atoms. The highest BCUT2D eigenvalue weighted by molar-refractivity contribution is 6.15. The Kier molecular flexibility index (Phi) is 4.29. The van der Waals surface area contributed by atoms with Gasteiger partial charge in [0.2, 0.25) is 5.78 Å². The number of aryl methyl sites for hydroxylation is 2. The Labute approximate surface area is 153 Å². The third-order valence-corrected chi connectivity index (χ3v) is 5.14. The maximum absolute atomic E-state index is 12.9. The molecule has 134 valence electrons. The number of phenols is 1. The zero-order chi connectivity index (χ0) is 18.3. The predicted molar refractivity (Wildman–Crippen MR) is 101 cm³/mol. The lowest BCUT2D eigenvalue weighted by Gasteiger charge is -2.18. The first kappa shape index (κ1) is 16.9. The molecule has 0 saturated carbocycles. The number of hydrogen-bond donors (Lipinski definition) is 1. The zero-order valence-electron chi connectivity index (χ0n) is 15.2. The minimum atomic E-state index is -0.110. The van der Waals surface area contributed by atoms with Gasteiger partial charge in [-0.25, -0.2) is 0 Å². The second-order valence-electron chi connectivity index (χ2n) is 7.23. The van der Waals surface area contributed by atoms with Gasteiger partial charge in [-0.1, -0.05) is 29.8 Å². The van der Waals surface area contributed by atoms with E-state index in [1.807, 2.05) is 38.1 Å². The van der Waals surface area contributed by atoms with Gasteiger partial charge in [-0.05, 0) is 63.0 Å². The molecule has 2 aliphatic heterocycles. The zero-order valence-corrected chi connectivity index (χ0v) is 15.2. The molecule has 2 aliphatic rings. The van der Waals surface area contributed by atoms with Crippen LogP contribution in [0.4, 0.5) is 0 Å². The number of carbonyl (C=O) groups is 1. The van der Waals surface area contributed by atoms with Gasteiger partial charge in [0.15, 0.2) is 5.76 Å². The molecule has 1 saturated heterocycles. The number of phenolic OH excluding ortho intramolecular Hbond substituents is 1. The smallest absolute Gasteiger partial charge is 0.232 e. The summed E-state index contributed by atoms with van der Waals surface area (Å²) in [6.07, 6.45) is 4.13. The van der Waals surface area contributed by atoms with E-state index >= 15 is 0 Å². The topological polar surface area (TPSA) is 49.8 Å². The molecule has 0 aliphatic carbocycles. The number of likely N-dealkylation sites (tertiary alicyclic amines) is 1. The van der Waals surface area contributed by atoms with Crippen molar-refractivity contribution < 1.29 is 14.6 Å². The van der Waals surface area contributed by atoms with Crippen LogP contribution in [0.2, 0.25) is 0 Å². The molecule has 2 aromatic rings. The minimum Gasteiger partial charge on any atom is -0.507 e. The Balaban J connectivity index is 1.73. The SMILES string of the molecule is Cc1cccc(/C=C2\Oc3c(CN4CCCC4)c(O)cc(C)c3C2=O)c1. The molecule has 4 heteroatoms. The normalized spacial score (nSPS) is 18.4. The molecule has 4 nitrogen and oxygen atoms in total. The number of hydrogen-bond acceptors (Lipinski definition) is 4. The highest BCUT2D eigenvalue weighted by Gasteiger charge is 2.33. The van der Waals surface area contributed by atoms with Crippen LogP contribution in [-0.2, 0) is 6.54 Å². The molecular formula is C22H23NO3. The molecule has 0 aromatic heterocycles. The summed E-state index contributed by atoms with van der Waals surface area (Å²) in [5.74, 6) is 0.944. The van der Waals surface area contributed by atoms with Crippen molar-refractivity contribution in [2.75, 3.05) is 13.1 Å². The van der Waals surface area contributed by atoms with Crippen LogP contribution in [0.15, 0.2) is 36.1 Å². The summed E-state index contributed by atoms with van der Waals surface area (Å²) in [5, 5.41) is 10.5. The van der Waals surface area contributed by atoms with Gasteiger partial charge in [0, 0.05) is 6.54 Å². The van der Waals surface area contributed by atoms with Crippen molar-refractivity contribution in [3.63, 3.8) is 0 Å². The highest BCUT2D eigenvalue weighted by atomic mass is 16.5. The number of aromatic hydroxyl groups is 1. The number of benzene rings is 2. The maximum atomic E-state index is 12.9. The molecule has 0 unspecified atom stereocenters. The fraction of sp³-hybridized carbons (Fsp3) is 0.318. The molecule has 1 N–H and O–H groups in total. The van der Waals surface area contributed by atoms with E-state index in [2.05, 4.69) is 4.90 Å². The van der Waals surface area contributed by atoms with Crippen LogP contribution >= 0.6 is 0 Å². The molecule has 26 heavy (non-hydrogen) atoms. The molecule has 0 bridgehead atoms. The monoisotopic (exact) mass is 349 g/mol. The summed E-state index contributed by atoms with van der Waals surface area (Å²) >= 11 is 0. The van der Waals surface area contributed by atoms with Gasteiger partial charge < -0.3 is 9.84 Å². The van der Waals surface area contributed by atoms with E-state index in [-0.39, 0.29) is 11.5 Å². The summed E-state index contributed by atoms with van der Waals surface area (Å²) in [5.41, 5.74) is 4.11. The fourth-order valence-corrected chi connectivity index (χ4v) is 3.81. The van der Waals surface area contributed by atoms with Crippen LogP contribution in [0.1, 0.15) is 45.5 Å². The van der Waals surface area contributed by atoms with Crippen LogP contribution in [-0.4, -0.2) is 28.9 Å². The summed E-state index contributed by atoms with van der Waals surface area (Å²) in [4.78, 5) is 15.2. The number of allylic oxidation sites excluding steroid dienone is 1. The molecule has 2 aromatic carbocycles. The van der Waals surface area contributed by atoms with Crippen LogP contribution in [0.3, 0.4) is 0 Å². The molecule has 2 heterocycles. The average Bonchev–Trinajstić information content (AvgIpc) is 3.20. The standard InChI is InChI=1S/C22H23NO3/c1-14-6-5-7-16(10-14)12-19-21(25)20-15(2)11-18(24)17(22(20)26-19)13-23-8-3-4-9-23/h5-7,10-12,24H,3-4,8-9,13H2,1-2H3/b19-12-. The maximum Gasteiger partial charge on any atom is 0.232 e. The molecule has 0 radical (unpaired) electrons. The minimum absolute atomic E-state index is 0.110. The van der Waals surface area contributed by atoms with Crippen molar-refractivity contribution in [1.82, 2.24) is 4.90 Å². The lowest BCUT2D eigenvalue weighted by Crippen LogP contribution is -2.19. The van der Waals surface area contributed by atoms with Gasteiger partial charge >= 0.3 is 0 Å². The lowest BCUT2D eigenvalue weighted by atomic mass is 9.99. The Morgan fingerprint density at radius 2 is 1.96 bits per heavy atom. The fourth-order valence-electron chi connectivity index (χ4n) is 3.81. The van der Waals surface area contributed by atoms with Gasteiger partial charge in [-0.15, -0.1) is 0 Å². The largest absolute Gasteiger partial charge is 0.507 e. The Hall–Kier alpha value is -2.59. The number of Topliss-reactive ketones (excluding diaryl/α,β-unsaturated/α-hetero) is 1. The Bertz CT molecular complexity index is 908. The van der Waals surface area contributed by atoms with Gasteiger partial charge in [0.1, 0.15) is 11.5 Å². The average molecular weight is 349 g/mol.